The van der Waals surface area contributed by atoms with Crippen molar-refractivity contribution in [2.75, 3.05) is 26.7 Å². The van der Waals surface area contributed by atoms with Crippen molar-refractivity contribution >= 4 is 26.8 Å². The van der Waals surface area contributed by atoms with Crippen molar-refractivity contribution in [2.45, 2.75) is 37.5 Å². The molecule has 0 radical (unpaired) electrons. The molecule has 1 amide bonds. The molecule has 224 valence electrons. The largest absolute Gasteiger partial charge is 0.394 e. The smallest absolute Gasteiger partial charge is 0.271 e. The summed E-state index contributed by atoms with van der Waals surface area (Å²) in [7, 11) is -0.494. The van der Waals surface area contributed by atoms with Gasteiger partial charge in [0.2, 0.25) is 10.0 Å². The molecule has 0 bridgehead atoms. The van der Waals surface area contributed by atoms with E-state index in [1.54, 1.807) is 11.8 Å². The van der Waals surface area contributed by atoms with Gasteiger partial charge in [-0.3, -0.25) is 4.79 Å². The summed E-state index contributed by atoms with van der Waals surface area (Å²) in [4.78, 5) is 16.2. The second-order valence-corrected chi connectivity index (χ2v) is 13.2. The number of ether oxygens (including phenoxy) is 1. The number of aryl methyl sites for hydroxylation is 1. The molecule has 4 aromatic rings. The number of amides is 1. The standard InChI is InChI=1S/C33H36N4O5S/c1-22-18-37(23(2)20-38)33(39)32-31(28-11-7-8-12-29(28)36(32)4)27-10-6-5-9-25(27)21-42-30(22)19-35(3)43(40,41)26-15-13-24(17-34)14-16-26/h5-16,22-23,30,38H,18-21H2,1-4H3/t22-,23+,30-/m0/s1. The Kier molecular flexibility index (Phi) is 8.71. The Bertz CT molecular complexity index is 1790. The molecular formula is C33H36N4O5S. The van der Waals surface area contributed by atoms with Crippen molar-refractivity contribution < 1.29 is 23.1 Å². The van der Waals surface area contributed by atoms with E-state index in [1.807, 2.05) is 73.1 Å². The lowest BCUT2D eigenvalue weighted by Gasteiger charge is -2.35. The van der Waals surface area contributed by atoms with E-state index >= 15 is 0 Å². The van der Waals surface area contributed by atoms with E-state index < -0.39 is 22.2 Å². The first-order valence-electron chi connectivity index (χ1n) is 14.2. The summed E-state index contributed by atoms with van der Waals surface area (Å²) in [5.41, 5.74) is 4.38. The molecule has 1 aliphatic heterocycles. The van der Waals surface area contributed by atoms with Gasteiger partial charge in [0.05, 0.1) is 41.9 Å². The maximum Gasteiger partial charge on any atom is 0.271 e. The molecule has 43 heavy (non-hydrogen) atoms. The van der Waals surface area contributed by atoms with Crippen molar-refractivity contribution in [3.63, 3.8) is 0 Å². The molecular weight excluding hydrogens is 564 g/mol. The lowest BCUT2D eigenvalue weighted by atomic mass is 9.96. The number of nitrogens with zero attached hydrogens (tertiary/aromatic N) is 4. The number of carbonyl (C=O) groups excluding carboxylic acids is 1. The first kappa shape index (κ1) is 30.4. The van der Waals surface area contributed by atoms with E-state index in [2.05, 4.69) is 0 Å². The first-order valence-corrected chi connectivity index (χ1v) is 15.7. The number of sulfonamides is 1. The quantitative estimate of drug-likeness (QED) is 0.351. The number of likely N-dealkylation sites (N-methyl/N-ethyl adjacent to an activating group) is 1. The average Bonchev–Trinajstić information content (AvgIpc) is 3.31. The van der Waals surface area contributed by atoms with E-state index in [9.17, 15) is 18.3 Å². The number of carbonyl (C=O) groups is 1. The Morgan fingerprint density at radius 3 is 2.47 bits per heavy atom. The Morgan fingerprint density at radius 1 is 1.09 bits per heavy atom. The Labute approximate surface area is 252 Å². The zero-order valence-corrected chi connectivity index (χ0v) is 25.6. The van der Waals surface area contributed by atoms with Gasteiger partial charge in [-0.25, -0.2) is 8.42 Å². The summed E-state index contributed by atoms with van der Waals surface area (Å²) < 4.78 is 36.6. The van der Waals surface area contributed by atoms with E-state index in [1.165, 1.54) is 35.6 Å². The van der Waals surface area contributed by atoms with Crippen LogP contribution in [0.2, 0.25) is 0 Å². The zero-order valence-electron chi connectivity index (χ0n) is 24.8. The molecule has 3 atom stereocenters. The predicted molar refractivity (Wildman–Crippen MR) is 165 cm³/mol. The Balaban J connectivity index is 1.59. The molecule has 0 aliphatic carbocycles. The van der Waals surface area contributed by atoms with Crippen molar-refractivity contribution in [2.24, 2.45) is 13.0 Å². The number of aliphatic hydroxyl groups excluding tert-OH is 1. The van der Waals surface area contributed by atoms with E-state index in [4.69, 9.17) is 10.00 Å². The van der Waals surface area contributed by atoms with Gasteiger partial charge in [0.15, 0.2) is 0 Å². The van der Waals surface area contributed by atoms with Crippen LogP contribution in [-0.4, -0.2) is 72.1 Å². The predicted octanol–water partition coefficient (Wildman–Crippen LogP) is 4.40. The maximum atomic E-state index is 14.5. The third-order valence-electron chi connectivity index (χ3n) is 8.35. The molecule has 1 N–H and O–H groups in total. The monoisotopic (exact) mass is 600 g/mol. The molecule has 0 unspecified atom stereocenters. The third-order valence-corrected chi connectivity index (χ3v) is 10.2. The summed E-state index contributed by atoms with van der Waals surface area (Å²) in [6.45, 7) is 4.00. The summed E-state index contributed by atoms with van der Waals surface area (Å²) >= 11 is 0. The molecule has 10 heteroatoms. The van der Waals surface area contributed by atoms with Gasteiger partial charge in [0.25, 0.3) is 5.91 Å². The van der Waals surface area contributed by atoms with Gasteiger partial charge in [-0.15, -0.1) is 0 Å². The first-order chi connectivity index (χ1) is 20.6. The van der Waals surface area contributed by atoms with Gasteiger partial charge in [-0.2, -0.15) is 9.57 Å². The van der Waals surface area contributed by atoms with Crippen LogP contribution in [0.1, 0.15) is 35.5 Å². The second kappa shape index (κ2) is 12.3. The van der Waals surface area contributed by atoms with Gasteiger partial charge in [0.1, 0.15) is 5.69 Å². The third kappa shape index (κ3) is 5.69. The SMILES string of the molecule is C[C@H](CO)N1C[C@H](C)[C@H](CN(C)S(=O)(=O)c2ccc(C#N)cc2)OCc2ccccc2-c2c(n(C)c3ccccc23)C1=O. The van der Waals surface area contributed by atoms with Crippen LogP contribution in [0.25, 0.3) is 22.0 Å². The summed E-state index contributed by atoms with van der Waals surface area (Å²) in [5, 5.41) is 20.2. The fraction of sp³-hybridized carbons (Fsp3) is 0.333. The lowest BCUT2D eigenvalue weighted by molar-refractivity contribution is -0.0147. The van der Waals surface area contributed by atoms with Crippen LogP contribution in [-0.2, 0) is 28.4 Å². The molecule has 0 fully saturated rings. The number of nitriles is 1. The van der Waals surface area contributed by atoms with Crippen LogP contribution in [0.15, 0.2) is 77.7 Å². The number of aliphatic hydroxyl groups is 1. The summed E-state index contributed by atoms with van der Waals surface area (Å²) in [6, 6.07) is 23.0. The number of rotatable bonds is 6. The van der Waals surface area contributed by atoms with Gasteiger partial charge in [-0.1, -0.05) is 49.4 Å². The fourth-order valence-corrected chi connectivity index (χ4v) is 6.94. The fourth-order valence-electron chi connectivity index (χ4n) is 5.76. The maximum absolute atomic E-state index is 14.5. The van der Waals surface area contributed by atoms with Crippen LogP contribution in [0, 0.1) is 17.2 Å². The van der Waals surface area contributed by atoms with Crippen molar-refractivity contribution in [1.82, 2.24) is 13.8 Å². The molecule has 0 spiro atoms. The highest BCUT2D eigenvalue weighted by Gasteiger charge is 2.34. The Hall–Kier alpha value is -4.01. The minimum atomic E-state index is -3.88. The highest BCUT2D eigenvalue weighted by atomic mass is 32.2. The molecule has 9 nitrogen and oxygen atoms in total. The normalized spacial score (nSPS) is 18.5. The molecule has 0 saturated carbocycles. The highest BCUT2D eigenvalue weighted by Crippen LogP contribution is 2.38. The average molecular weight is 601 g/mol. The highest BCUT2D eigenvalue weighted by molar-refractivity contribution is 7.89. The molecule has 3 aromatic carbocycles. The van der Waals surface area contributed by atoms with Crippen LogP contribution in [0.5, 0.6) is 0 Å². The minimum Gasteiger partial charge on any atom is -0.394 e. The number of hydrogen-bond donors (Lipinski definition) is 1. The number of aromatic nitrogens is 1. The van der Waals surface area contributed by atoms with Crippen molar-refractivity contribution in [3.8, 4) is 17.2 Å². The number of hydrogen-bond acceptors (Lipinski definition) is 6. The molecule has 0 saturated heterocycles. The molecule has 1 aliphatic rings. The van der Waals surface area contributed by atoms with E-state index in [0.29, 0.717) is 11.3 Å². The molecule has 2 heterocycles. The summed E-state index contributed by atoms with van der Waals surface area (Å²) in [5.74, 6) is -0.504. The van der Waals surface area contributed by atoms with Crippen LogP contribution in [0.4, 0.5) is 0 Å². The topological polar surface area (TPSA) is 116 Å². The van der Waals surface area contributed by atoms with Gasteiger partial charge in [-0.05, 0) is 48.4 Å². The Morgan fingerprint density at radius 2 is 1.77 bits per heavy atom. The second-order valence-electron chi connectivity index (χ2n) is 11.2. The van der Waals surface area contributed by atoms with E-state index in [-0.39, 0.29) is 43.0 Å². The van der Waals surface area contributed by atoms with Crippen LogP contribution >= 0.6 is 0 Å². The van der Waals surface area contributed by atoms with Crippen molar-refractivity contribution in [1.29, 1.82) is 5.26 Å². The molecule has 1 aromatic heterocycles. The van der Waals surface area contributed by atoms with Crippen LogP contribution in [0.3, 0.4) is 0 Å². The zero-order chi connectivity index (χ0) is 30.9. The van der Waals surface area contributed by atoms with Gasteiger partial charge >= 0.3 is 0 Å². The summed E-state index contributed by atoms with van der Waals surface area (Å²) in [6.07, 6.45) is -0.578. The number of fused-ring (bicyclic) bond motifs is 5. The van der Waals surface area contributed by atoms with Gasteiger partial charge < -0.3 is 19.3 Å². The van der Waals surface area contributed by atoms with E-state index in [0.717, 1.165) is 27.6 Å². The minimum absolute atomic E-state index is 0.0388. The lowest BCUT2D eigenvalue weighted by Crippen LogP contribution is -2.48. The van der Waals surface area contributed by atoms with Crippen molar-refractivity contribution in [3.05, 3.63) is 89.6 Å². The number of para-hydroxylation sites is 1. The van der Waals surface area contributed by atoms with Gasteiger partial charge in [0, 0.05) is 49.6 Å². The molecule has 5 rings (SSSR count). The van der Waals surface area contributed by atoms with Crippen LogP contribution < -0.4 is 0 Å². The number of benzene rings is 3.